The molecule has 1 amide bonds. The number of anilines is 3. The van der Waals surface area contributed by atoms with Gasteiger partial charge in [-0.25, -0.2) is 18.4 Å². The van der Waals surface area contributed by atoms with Crippen LogP contribution in [0.1, 0.15) is 26.3 Å². The lowest BCUT2D eigenvalue weighted by Gasteiger charge is -2.25. The lowest BCUT2D eigenvalue weighted by Crippen LogP contribution is -2.38. The third-order valence-corrected chi connectivity index (χ3v) is 8.61. The number of likely N-dealkylation sites (N-methyl/N-ethyl adjacent to an activating group) is 2. The quantitative estimate of drug-likeness (QED) is 0.391. The van der Waals surface area contributed by atoms with Gasteiger partial charge < -0.3 is 15.5 Å². The molecular formula is C26H31ClN6O3S. The van der Waals surface area contributed by atoms with E-state index in [0.29, 0.717) is 53.2 Å². The molecule has 1 aliphatic heterocycles. The normalized spacial score (nSPS) is 13.2. The monoisotopic (exact) mass is 542 g/mol. The molecule has 196 valence electrons. The van der Waals surface area contributed by atoms with E-state index in [1.807, 2.05) is 13.0 Å². The molecule has 0 atom stereocenters. The zero-order valence-corrected chi connectivity index (χ0v) is 22.7. The molecule has 0 radical (unpaired) electrons. The maximum atomic E-state index is 13.2. The Labute approximate surface area is 222 Å². The fraction of sp³-hybridized carbons (Fsp3) is 0.346. The second-order valence-corrected chi connectivity index (χ2v) is 11.0. The van der Waals surface area contributed by atoms with E-state index in [1.165, 1.54) is 4.31 Å². The Balaban J connectivity index is 1.54. The van der Waals surface area contributed by atoms with Crippen molar-refractivity contribution in [1.29, 1.82) is 0 Å². The average Bonchev–Trinajstić information content (AvgIpc) is 3.01. The van der Waals surface area contributed by atoms with Gasteiger partial charge in [-0.1, -0.05) is 32.4 Å². The zero-order valence-electron chi connectivity index (χ0n) is 21.2. The molecule has 2 N–H and O–H groups in total. The van der Waals surface area contributed by atoms with E-state index >= 15 is 0 Å². The second kappa shape index (κ2) is 11.6. The summed E-state index contributed by atoms with van der Waals surface area (Å²) in [6, 6.07) is 11.8. The van der Waals surface area contributed by atoms with Gasteiger partial charge in [-0.3, -0.25) is 4.79 Å². The molecule has 0 unspecified atom stereocenters. The highest BCUT2D eigenvalue weighted by atomic mass is 35.5. The van der Waals surface area contributed by atoms with E-state index < -0.39 is 10.0 Å². The molecule has 1 aromatic heterocycles. The standard InChI is InChI=1S/C26H31ClN6O3S/c1-4-32(5-2)13-14-33(6-3)37(35,36)21-10-8-20(9-11-21)29-26-28-17-18-15-24(34)30-23-16-19(27)7-12-22(23)25(18)31-26/h7-12,16-17H,4-6,13-15H2,1-3H3,(H,30,34)(H,28,29,31). The van der Waals surface area contributed by atoms with E-state index in [2.05, 4.69) is 39.3 Å². The predicted molar refractivity (Wildman–Crippen MR) is 147 cm³/mol. The SMILES string of the molecule is CCN(CC)CCN(CC)S(=O)(=O)c1ccc(Nc2ncc3c(n2)-c2ccc(Cl)cc2NC(=O)C3)cc1. The van der Waals surface area contributed by atoms with Crippen LogP contribution in [0.25, 0.3) is 11.3 Å². The van der Waals surface area contributed by atoms with Crippen LogP contribution in [-0.2, 0) is 21.2 Å². The first kappa shape index (κ1) is 27.0. The number of nitrogens with zero attached hydrogens (tertiary/aromatic N) is 4. The summed E-state index contributed by atoms with van der Waals surface area (Å²) in [5.74, 6) is 0.167. The van der Waals surface area contributed by atoms with Crippen molar-refractivity contribution in [1.82, 2.24) is 19.2 Å². The molecular weight excluding hydrogens is 512 g/mol. The average molecular weight is 543 g/mol. The van der Waals surface area contributed by atoms with Crippen LogP contribution in [0, 0.1) is 0 Å². The first-order valence-electron chi connectivity index (χ1n) is 12.3. The van der Waals surface area contributed by atoms with Gasteiger partial charge in [0.15, 0.2) is 0 Å². The van der Waals surface area contributed by atoms with Crippen LogP contribution >= 0.6 is 11.6 Å². The van der Waals surface area contributed by atoms with Crippen molar-refractivity contribution in [3.8, 4) is 11.3 Å². The lowest BCUT2D eigenvalue weighted by atomic mass is 10.1. The van der Waals surface area contributed by atoms with Crippen molar-refractivity contribution in [2.75, 3.05) is 43.4 Å². The number of hydrogen-bond acceptors (Lipinski definition) is 7. The van der Waals surface area contributed by atoms with Crippen LogP contribution < -0.4 is 10.6 Å². The Morgan fingerprint density at radius 2 is 1.76 bits per heavy atom. The number of aromatic nitrogens is 2. The highest BCUT2D eigenvalue weighted by Crippen LogP contribution is 2.35. The number of rotatable bonds is 10. The van der Waals surface area contributed by atoms with E-state index in [0.717, 1.165) is 18.7 Å². The van der Waals surface area contributed by atoms with Gasteiger partial charge in [0, 0.05) is 47.7 Å². The molecule has 37 heavy (non-hydrogen) atoms. The summed E-state index contributed by atoms with van der Waals surface area (Å²) in [6.07, 6.45) is 1.78. The fourth-order valence-electron chi connectivity index (χ4n) is 4.25. The Morgan fingerprint density at radius 3 is 2.43 bits per heavy atom. The summed E-state index contributed by atoms with van der Waals surface area (Å²) >= 11 is 6.12. The van der Waals surface area contributed by atoms with Crippen LogP contribution in [0.3, 0.4) is 0 Å². The Bertz CT molecular complexity index is 1380. The van der Waals surface area contributed by atoms with Crippen LogP contribution in [0.5, 0.6) is 0 Å². The highest BCUT2D eigenvalue weighted by molar-refractivity contribution is 7.89. The number of carbonyl (C=O) groups is 1. The van der Waals surface area contributed by atoms with Crippen LogP contribution in [0.2, 0.25) is 5.02 Å². The highest BCUT2D eigenvalue weighted by Gasteiger charge is 2.24. The first-order valence-corrected chi connectivity index (χ1v) is 14.1. The van der Waals surface area contributed by atoms with Crippen LogP contribution in [-0.4, -0.2) is 66.2 Å². The van der Waals surface area contributed by atoms with Gasteiger partial charge in [-0.15, -0.1) is 0 Å². The molecule has 0 saturated carbocycles. The molecule has 1 aliphatic rings. The second-order valence-electron chi connectivity index (χ2n) is 8.66. The fourth-order valence-corrected chi connectivity index (χ4v) is 5.86. The van der Waals surface area contributed by atoms with Crippen LogP contribution in [0.4, 0.5) is 17.3 Å². The van der Waals surface area contributed by atoms with E-state index in [1.54, 1.807) is 42.6 Å². The lowest BCUT2D eigenvalue weighted by molar-refractivity contribution is -0.115. The van der Waals surface area contributed by atoms with Gasteiger partial charge in [0.25, 0.3) is 0 Å². The molecule has 0 bridgehead atoms. The van der Waals surface area contributed by atoms with Crippen molar-refractivity contribution in [2.24, 2.45) is 0 Å². The number of benzene rings is 2. The molecule has 9 nitrogen and oxygen atoms in total. The van der Waals surface area contributed by atoms with Crippen molar-refractivity contribution in [3.63, 3.8) is 0 Å². The first-order chi connectivity index (χ1) is 17.7. The Morgan fingerprint density at radius 1 is 1.03 bits per heavy atom. The van der Waals surface area contributed by atoms with Crippen molar-refractivity contribution in [3.05, 3.63) is 59.2 Å². The summed E-state index contributed by atoms with van der Waals surface area (Å²) < 4.78 is 27.9. The van der Waals surface area contributed by atoms with Crippen molar-refractivity contribution < 1.29 is 13.2 Å². The smallest absolute Gasteiger partial charge is 0.243 e. The van der Waals surface area contributed by atoms with Crippen LogP contribution in [0.15, 0.2) is 53.6 Å². The molecule has 3 aromatic rings. The molecule has 0 saturated heterocycles. The number of amides is 1. The summed E-state index contributed by atoms with van der Waals surface area (Å²) in [5.41, 5.74) is 3.33. The number of fused-ring (bicyclic) bond motifs is 3. The molecule has 2 heterocycles. The maximum Gasteiger partial charge on any atom is 0.243 e. The zero-order chi connectivity index (χ0) is 26.6. The Kier molecular flexibility index (Phi) is 8.43. The minimum absolute atomic E-state index is 0.149. The molecule has 11 heteroatoms. The summed E-state index contributed by atoms with van der Waals surface area (Å²) in [7, 11) is -3.61. The molecule has 0 fully saturated rings. The van der Waals surface area contributed by atoms with E-state index in [9.17, 15) is 13.2 Å². The van der Waals surface area contributed by atoms with Gasteiger partial charge in [0.05, 0.1) is 22.7 Å². The summed E-state index contributed by atoms with van der Waals surface area (Å²) in [5, 5.41) is 6.51. The summed E-state index contributed by atoms with van der Waals surface area (Å²) in [6.45, 7) is 9.27. The molecule has 0 aliphatic carbocycles. The number of carbonyl (C=O) groups excluding carboxylic acids is 1. The van der Waals surface area contributed by atoms with E-state index in [4.69, 9.17) is 11.6 Å². The third-order valence-electron chi connectivity index (χ3n) is 6.39. The number of nitrogens with one attached hydrogen (secondary N) is 2. The number of hydrogen-bond donors (Lipinski definition) is 2. The van der Waals surface area contributed by atoms with Crippen molar-refractivity contribution >= 4 is 44.9 Å². The van der Waals surface area contributed by atoms with Gasteiger partial charge >= 0.3 is 0 Å². The van der Waals surface area contributed by atoms with Crippen molar-refractivity contribution in [2.45, 2.75) is 32.1 Å². The van der Waals surface area contributed by atoms with Gasteiger partial charge in [-0.2, -0.15) is 4.31 Å². The topological polar surface area (TPSA) is 108 Å². The van der Waals surface area contributed by atoms with Gasteiger partial charge in [0.2, 0.25) is 21.9 Å². The van der Waals surface area contributed by atoms with Gasteiger partial charge in [0.1, 0.15) is 0 Å². The predicted octanol–water partition coefficient (Wildman–Crippen LogP) is 4.39. The summed E-state index contributed by atoms with van der Waals surface area (Å²) in [4.78, 5) is 23.8. The Hall–Kier alpha value is -3.05. The molecule has 4 rings (SSSR count). The largest absolute Gasteiger partial charge is 0.325 e. The number of sulfonamides is 1. The minimum atomic E-state index is -3.61. The number of halogens is 1. The molecule has 2 aromatic carbocycles. The van der Waals surface area contributed by atoms with Gasteiger partial charge in [-0.05, 0) is 55.6 Å². The maximum absolute atomic E-state index is 13.2. The third kappa shape index (κ3) is 6.10. The minimum Gasteiger partial charge on any atom is -0.325 e. The van der Waals surface area contributed by atoms with E-state index in [-0.39, 0.29) is 17.2 Å². The molecule has 0 spiro atoms.